The van der Waals surface area contributed by atoms with Crippen LogP contribution >= 0.6 is 22.6 Å². The highest BCUT2D eigenvalue weighted by molar-refractivity contribution is 14.1. The number of hydrogen-bond acceptors (Lipinski definition) is 4. The normalized spacial score (nSPS) is 10.3. The van der Waals surface area contributed by atoms with Gasteiger partial charge in [0.2, 0.25) is 5.88 Å². The van der Waals surface area contributed by atoms with Crippen LogP contribution in [0.1, 0.15) is 23.1 Å². The third kappa shape index (κ3) is 3.35. The Morgan fingerprint density at radius 3 is 2.85 bits per heavy atom. The number of H-pyrrole nitrogens is 1. The number of nitrogens with zero attached hydrogens (tertiary/aromatic N) is 1. The van der Waals surface area contributed by atoms with Gasteiger partial charge in [0, 0.05) is 6.42 Å². The van der Waals surface area contributed by atoms with Crippen LogP contribution in [0.15, 0.2) is 29.1 Å². The molecular formula is C13H11IN2O4. The highest BCUT2D eigenvalue weighted by Gasteiger charge is 2.10. The van der Waals surface area contributed by atoms with Crippen molar-refractivity contribution in [3.8, 4) is 11.6 Å². The number of benzene rings is 1. The number of aromatic amines is 1. The zero-order valence-corrected chi connectivity index (χ0v) is 12.7. The molecular weight excluding hydrogens is 375 g/mol. The standard InChI is InChI=1S/C13H11IN2O4/c1-2-10-15-11(17)6-12(16-10)20-9-5-7(13(18)19)3-4-8(9)14/h3-6H,2H2,1H3,(H,18,19)(H,15,16,17). The van der Waals surface area contributed by atoms with Crippen molar-refractivity contribution in [3.63, 3.8) is 0 Å². The summed E-state index contributed by atoms with van der Waals surface area (Å²) < 4.78 is 6.25. The van der Waals surface area contributed by atoms with Crippen molar-refractivity contribution in [2.45, 2.75) is 13.3 Å². The lowest BCUT2D eigenvalue weighted by Gasteiger charge is -2.08. The van der Waals surface area contributed by atoms with E-state index in [0.717, 1.165) is 3.57 Å². The number of aromatic nitrogens is 2. The molecule has 0 saturated carbocycles. The molecule has 0 fully saturated rings. The molecule has 0 aliphatic rings. The number of ether oxygens (including phenoxy) is 1. The van der Waals surface area contributed by atoms with E-state index in [-0.39, 0.29) is 17.0 Å². The molecule has 0 atom stereocenters. The molecule has 1 aromatic carbocycles. The first kappa shape index (κ1) is 14.5. The summed E-state index contributed by atoms with van der Waals surface area (Å²) in [6.45, 7) is 1.86. The Kier molecular flexibility index (Phi) is 4.38. The van der Waals surface area contributed by atoms with E-state index in [2.05, 4.69) is 9.97 Å². The van der Waals surface area contributed by atoms with Gasteiger partial charge < -0.3 is 14.8 Å². The topological polar surface area (TPSA) is 92.3 Å². The van der Waals surface area contributed by atoms with E-state index >= 15 is 0 Å². The lowest BCUT2D eigenvalue weighted by atomic mass is 10.2. The van der Waals surface area contributed by atoms with Gasteiger partial charge in [-0.3, -0.25) is 4.79 Å². The van der Waals surface area contributed by atoms with Crippen LogP contribution in [-0.4, -0.2) is 21.0 Å². The third-order valence-electron chi connectivity index (χ3n) is 2.49. The van der Waals surface area contributed by atoms with Crippen molar-refractivity contribution in [2.24, 2.45) is 0 Å². The van der Waals surface area contributed by atoms with Gasteiger partial charge in [-0.2, -0.15) is 4.98 Å². The second-order valence-electron chi connectivity index (χ2n) is 3.94. The number of rotatable bonds is 4. The first-order valence-electron chi connectivity index (χ1n) is 5.80. The Labute approximate surface area is 128 Å². The highest BCUT2D eigenvalue weighted by Crippen LogP contribution is 2.26. The Morgan fingerprint density at radius 1 is 1.45 bits per heavy atom. The minimum absolute atomic E-state index is 0.112. The van der Waals surface area contributed by atoms with Crippen LogP contribution in [0.2, 0.25) is 0 Å². The average molecular weight is 386 g/mol. The fourth-order valence-corrected chi connectivity index (χ4v) is 1.98. The summed E-state index contributed by atoms with van der Waals surface area (Å²) in [7, 11) is 0. The Morgan fingerprint density at radius 2 is 2.20 bits per heavy atom. The van der Waals surface area contributed by atoms with Crippen LogP contribution in [0.4, 0.5) is 0 Å². The second kappa shape index (κ2) is 6.04. The molecule has 1 aromatic heterocycles. The summed E-state index contributed by atoms with van der Waals surface area (Å²) in [4.78, 5) is 29.1. The second-order valence-corrected chi connectivity index (χ2v) is 5.10. The maximum Gasteiger partial charge on any atom is 0.335 e. The maximum absolute atomic E-state index is 11.4. The molecule has 0 spiro atoms. The van der Waals surface area contributed by atoms with Gasteiger partial charge in [-0.25, -0.2) is 4.79 Å². The summed E-state index contributed by atoms with van der Waals surface area (Å²) in [6, 6.07) is 5.74. The molecule has 0 bridgehead atoms. The van der Waals surface area contributed by atoms with Crippen molar-refractivity contribution in [1.82, 2.24) is 9.97 Å². The minimum Gasteiger partial charge on any atom is -0.478 e. The van der Waals surface area contributed by atoms with E-state index in [1.165, 1.54) is 18.2 Å². The summed E-state index contributed by atoms with van der Waals surface area (Å²) in [5.74, 6) is -0.0343. The monoisotopic (exact) mass is 386 g/mol. The molecule has 0 amide bonds. The molecule has 0 radical (unpaired) electrons. The van der Waals surface area contributed by atoms with E-state index in [4.69, 9.17) is 9.84 Å². The van der Waals surface area contributed by atoms with Crippen LogP contribution in [0.3, 0.4) is 0 Å². The Bertz CT molecular complexity index is 712. The number of carboxylic acids is 1. The van der Waals surface area contributed by atoms with E-state index < -0.39 is 5.97 Å². The van der Waals surface area contributed by atoms with Crippen molar-refractivity contribution in [2.75, 3.05) is 0 Å². The number of aryl methyl sites for hydroxylation is 1. The average Bonchev–Trinajstić information content (AvgIpc) is 2.40. The van der Waals surface area contributed by atoms with Crippen molar-refractivity contribution >= 4 is 28.6 Å². The lowest BCUT2D eigenvalue weighted by molar-refractivity contribution is 0.0696. The van der Waals surface area contributed by atoms with Crippen LogP contribution in [0.25, 0.3) is 0 Å². The fourth-order valence-electron chi connectivity index (χ4n) is 1.53. The lowest BCUT2D eigenvalue weighted by Crippen LogP contribution is -2.10. The molecule has 7 heteroatoms. The number of carboxylic acid groups (broad SMARTS) is 1. The third-order valence-corrected chi connectivity index (χ3v) is 3.39. The van der Waals surface area contributed by atoms with E-state index in [9.17, 15) is 9.59 Å². The minimum atomic E-state index is -1.04. The number of hydrogen-bond donors (Lipinski definition) is 2. The number of nitrogens with one attached hydrogen (secondary N) is 1. The quantitative estimate of drug-likeness (QED) is 0.788. The molecule has 2 N–H and O–H groups in total. The summed E-state index contributed by atoms with van der Waals surface area (Å²) in [5, 5.41) is 8.96. The smallest absolute Gasteiger partial charge is 0.335 e. The van der Waals surface area contributed by atoms with Gasteiger partial charge in [-0.1, -0.05) is 6.92 Å². The predicted octanol–water partition coefficient (Wildman–Crippen LogP) is 2.43. The Hall–Kier alpha value is -1.90. The molecule has 0 unspecified atom stereocenters. The van der Waals surface area contributed by atoms with Crippen LogP contribution in [0.5, 0.6) is 11.6 Å². The summed E-state index contributed by atoms with van der Waals surface area (Å²) in [5.41, 5.74) is -0.197. The highest BCUT2D eigenvalue weighted by atomic mass is 127. The zero-order valence-electron chi connectivity index (χ0n) is 10.5. The molecule has 0 saturated heterocycles. The van der Waals surface area contributed by atoms with E-state index in [1.54, 1.807) is 6.07 Å². The predicted molar refractivity (Wildman–Crippen MR) is 80.4 cm³/mol. The van der Waals surface area contributed by atoms with Gasteiger partial charge >= 0.3 is 5.97 Å². The molecule has 104 valence electrons. The zero-order chi connectivity index (χ0) is 14.7. The first-order valence-corrected chi connectivity index (χ1v) is 6.88. The SMILES string of the molecule is CCc1nc(Oc2cc(C(=O)O)ccc2I)cc(=O)[nH]1. The molecule has 1 heterocycles. The maximum atomic E-state index is 11.4. The van der Waals surface area contributed by atoms with Crippen LogP contribution in [-0.2, 0) is 6.42 Å². The van der Waals surface area contributed by atoms with Crippen LogP contribution < -0.4 is 10.3 Å². The number of carbonyl (C=O) groups is 1. The molecule has 2 rings (SSSR count). The molecule has 0 aliphatic heterocycles. The summed E-state index contributed by atoms with van der Waals surface area (Å²) in [6.07, 6.45) is 0.568. The number of aromatic carboxylic acids is 1. The fraction of sp³-hybridized carbons (Fsp3) is 0.154. The van der Waals surface area contributed by atoms with Gasteiger partial charge in [0.05, 0.1) is 15.2 Å². The molecule has 6 nitrogen and oxygen atoms in total. The van der Waals surface area contributed by atoms with Crippen molar-refractivity contribution in [3.05, 3.63) is 49.6 Å². The molecule has 20 heavy (non-hydrogen) atoms. The van der Waals surface area contributed by atoms with Gasteiger partial charge in [0.15, 0.2) is 0 Å². The van der Waals surface area contributed by atoms with Gasteiger partial charge in [-0.05, 0) is 40.8 Å². The van der Waals surface area contributed by atoms with Crippen molar-refractivity contribution in [1.29, 1.82) is 0 Å². The van der Waals surface area contributed by atoms with Crippen molar-refractivity contribution < 1.29 is 14.6 Å². The van der Waals surface area contributed by atoms with E-state index in [0.29, 0.717) is 18.0 Å². The Balaban J connectivity index is 2.39. The van der Waals surface area contributed by atoms with Gasteiger partial charge in [0.1, 0.15) is 11.6 Å². The molecule has 0 aliphatic carbocycles. The molecule has 2 aromatic rings. The van der Waals surface area contributed by atoms with Crippen LogP contribution in [0, 0.1) is 3.57 Å². The van der Waals surface area contributed by atoms with Gasteiger partial charge in [-0.15, -0.1) is 0 Å². The number of halogens is 1. The van der Waals surface area contributed by atoms with Gasteiger partial charge in [0.25, 0.3) is 5.56 Å². The summed E-state index contributed by atoms with van der Waals surface area (Å²) >= 11 is 2.02. The van der Waals surface area contributed by atoms with E-state index in [1.807, 2.05) is 29.5 Å². The first-order chi connectivity index (χ1) is 9.49. The largest absolute Gasteiger partial charge is 0.478 e.